The Labute approximate surface area is 241 Å². The summed E-state index contributed by atoms with van der Waals surface area (Å²) in [6.07, 6.45) is 1.65. The van der Waals surface area contributed by atoms with E-state index in [0.29, 0.717) is 40.0 Å². The molecule has 8 nitrogen and oxygen atoms in total. The summed E-state index contributed by atoms with van der Waals surface area (Å²) in [7, 11) is 0. The minimum Gasteiger partial charge on any atom is -0.441 e. The van der Waals surface area contributed by atoms with Gasteiger partial charge < -0.3 is 19.6 Å². The highest BCUT2D eigenvalue weighted by atomic mass is 32.2. The zero-order valence-electron chi connectivity index (χ0n) is 22.9. The van der Waals surface area contributed by atoms with Crippen LogP contribution in [0.3, 0.4) is 0 Å². The number of halogens is 1. The van der Waals surface area contributed by atoms with Crippen LogP contribution in [0.4, 0.5) is 10.2 Å². The van der Waals surface area contributed by atoms with Gasteiger partial charge in [-0.3, -0.25) is 0 Å². The Morgan fingerprint density at radius 3 is 2.46 bits per heavy atom. The molecule has 1 atom stereocenters. The highest BCUT2D eigenvalue weighted by molar-refractivity contribution is 7.98. The number of benzene rings is 2. The van der Waals surface area contributed by atoms with Crippen LogP contribution in [-0.4, -0.2) is 28.5 Å². The SMILES string of the molecule is Cc1oc(-c2ccccc2F)nc1CSc1nc(N)c(C#N)c(-c2ccc(CC[C@@H]3COC(C)(C)O3)cc2)c1C#N. The number of hydrogen-bond donors (Lipinski definition) is 1. The van der Waals surface area contributed by atoms with Gasteiger partial charge in [0.25, 0.3) is 0 Å². The smallest absolute Gasteiger partial charge is 0.229 e. The van der Waals surface area contributed by atoms with Crippen molar-refractivity contribution < 1.29 is 18.3 Å². The van der Waals surface area contributed by atoms with Gasteiger partial charge in [0.05, 0.1) is 29.5 Å². The molecule has 10 heteroatoms. The highest BCUT2D eigenvalue weighted by Gasteiger charge is 2.32. The van der Waals surface area contributed by atoms with Crippen LogP contribution in [0.15, 0.2) is 58.0 Å². The van der Waals surface area contributed by atoms with Crippen LogP contribution in [0.5, 0.6) is 0 Å². The van der Waals surface area contributed by atoms with Gasteiger partial charge in [-0.15, -0.1) is 0 Å². The van der Waals surface area contributed by atoms with Gasteiger partial charge in [0.2, 0.25) is 5.89 Å². The molecule has 2 N–H and O–H groups in total. The summed E-state index contributed by atoms with van der Waals surface area (Å²) >= 11 is 1.25. The molecular formula is C31H28FN5O3S. The second kappa shape index (κ2) is 11.7. The molecule has 0 spiro atoms. The van der Waals surface area contributed by atoms with E-state index in [9.17, 15) is 14.9 Å². The number of nitrogen functional groups attached to an aromatic ring is 1. The molecular weight excluding hydrogens is 541 g/mol. The molecule has 5 rings (SSSR count). The molecule has 1 aliphatic rings. The number of oxazole rings is 1. The van der Waals surface area contributed by atoms with Crippen molar-refractivity contribution in [2.75, 3.05) is 12.3 Å². The fourth-order valence-corrected chi connectivity index (χ4v) is 5.71. The third-order valence-corrected chi connectivity index (χ3v) is 7.81. The molecule has 0 unspecified atom stereocenters. The predicted octanol–water partition coefficient (Wildman–Crippen LogP) is 6.55. The molecule has 0 bridgehead atoms. The fourth-order valence-electron chi connectivity index (χ4n) is 4.71. The van der Waals surface area contributed by atoms with Crippen LogP contribution in [0.25, 0.3) is 22.6 Å². The summed E-state index contributed by atoms with van der Waals surface area (Å²) in [5.74, 6) is 0.0745. The van der Waals surface area contributed by atoms with Crippen molar-refractivity contribution in [1.82, 2.24) is 9.97 Å². The van der Waals surface area contributed by atoms with E-state index in [1.54, 1.807) is 25.1 Å². The van der Waals surface area contributed by atoms with Gasteiger partial charge in [-0.1, -0.05) is 48.2 Å². The fraction of sp³-hybridized carbons (Fsp3) is 0.290. The van der Waals surface area contributed by atoms with Crippen LogP contribution in [0.1, 0.15) is 48.4 Å². The van der Waals surface area contributed by atoms with E-state index in [1.807, 2.05) is 38.1 Å². The Bertz CT molecular complexity index is 1670. The largest absolute Gasteiger partial charge is 0.441 e. The number of nitriles is 2. The van der Waals surface area contributed by atoms with Crippen LogP contribution in [0.2, 0.25) is 0 Å². The molecule has 41 heavy (non-hydrogen) atoms. The van der Waals surface area contributed by atoms with E-state index in [2.05, 4.69) is 22.1 Å². The first-order chi connectivity index (χ1) is 19.7. The van der Waals surface area contributed by atoms with Crippen LogP contribution in [0, 0.1) is 35.4 Å². The van der Waals surface area contributed by atoms with Crippen molar-refractivity contribution in [1.29, 1.82) is 10.5 Å². The lowest BCUT2D eigenvalue weighted by molar-refractivity contribution is -0.138. The summed E-state index contributed by atoms with van der Waals surface area (Å²) in [6, 6.07) is 18.3. The lowest BCUT2D eigenvalue weighted by Crippen LogP contribution is -2.21. The third kappa shape index (κ3) is 6.10. The molecule has 208 valence electrons. The Balaban J connectivity index is 1.38. The van der Waals surface area contributed by atoms with Crippen molar-refractivity contribution in [2.24, 2.45) is 0 Å². The maximum absolute atomic E-state index is 14.3. The predicted molar refractivity (Wildman–Crippen MR) is 153 cm³/mol. The van der Waals surface area contributed by atoms with Gasteiger partial charge in [0.15, 0.2) is 5.79 Å². The Hall–Kier alpha value is -4.22. The zero-order valence-corrected chi connectivity index (χ0v) is 23.7. The monoisotopic (exact) mass is 569 g/mol. The maximum atomic E-state index is 14.3. The molecule has 0 saturated carbocycles. The maximum Gasteiger partial charge on any atom is 0.229 e. The van der Waals surface area contributed by atoms with Gasteiger partial charge in [-0.25, -0.2) is 14.4 Å². The summed E-state index contributed by atoms with van der Waals surface area (Å²) in [4.78, 5) is 8.85. The molecule has 1 aliphatic heterocycles. The van der Waals surface area contributed by atoms with E-state index in [0.717, 1.165) is 18.4 Å². The first-order valence-corrected chi connectivity index (χ1v) is 14.1. The molecule has 0 radical (unpaired) electrons. The van der Waals surface area contributed by atoms with E-state index in [4.69, 9.17) is 19.6 Å². The number of nitrogens with two attached hydrogens (primary N) is 1. The number of ether oxygens (including phenoxy) is 2. The van der Waals surface area contributed by atoms with Crippen molar-refractivity contribution in [3.05, 3.63) is 82.5 Å². The molecule has 0 amide bonds. The van der Waals surface area contributed by atoms with Crippen molar-refractivity contribution in [3.8, 4) is 34.7 Å². The molecule has 3 heterocycles. The number of hydrogen-bond acceptors (Lipinski definition) is 9. The summed E-state index contributed by atoms with van der Waals surface area (Å²) in [6.45, 7) is 6.13. The average Bonchev–Trinajstić information content (AvgIpc) is 3.51. The lowest BCUT2D eigenvalue weighted by atomic mass is 9.95. The van der Waals surface area contributed by atoms with Crippen molar-refractivity contribution in [2.45, 2.75) is 56.3 Å². The number of aromatic nitrogens is 2. The normalized spacial score (nSPS) is 15.9. The number of pyridine rings is 1. The Kier molecular flexibility index (Phi) is 8.09. The van der Waals surface area contributed by atoms with E-state index in [1.165, 1.54) is 17.8 Å². The van der Waals surface area contributed by atoms with Crippen molar-refractivity contribution in [3.63, 3.8) is 0 Å². The molecule has 1 saturated heterocycles. The first kappa shape index (κ1) is 28.3. The van der Waals surface area contributed by atoms with Gasteiger partial charge in [0.1, 0.15) is 40.1 Å². The zero-order chi connectivity index (χ0) is 29.1. The van der Waals surface area contributed by atoms with Crippen LogP contribution in [-0.2, 0) is 21.6 Å². The topological polar surface area (TPSA) is 131 Å². The van der Waals surface area contributed by atoms with E-state index >= 15 is 0 Å². The molecule has 2 aromatic heterocycles. The number of thioether (sulfide) groups is 1. The molecule has 2 aromatic carbocycles. The average molecular weight is 570 g/mol. The van der Waals surface area contributed by atoms with Gasteiger partial charge in [-0.05, 0) is 56.9 Å². The molecule has 1 fully saturated rings. The summed E-state index contributed by atoms with van der Waals surface area (Å²) in [5, 5.41) is 20.4. The molecule has 0 aliphatic carbocycles. The number of aryl methyl sites for hydroxylation is 2. The number of rotatable bonds is 8. The number of anilines is 1. The Morgan fingerprint density at radius 1 is 1.07 bits per heavy atom. The summed E-state index contributed by atoms with van der Waals surface area (Å²) < 4.78 is 31.5. The summed E-state index contributed by atoms with van der Waals surface area (Å²) in [5.41, 5.74) is 9.69. The minimum absolute atomic E-state index is 0.0378. The van der Waals surface area contributed by atoms with Crippen LogP contribution >= 0.6 is 11.8 Å². The second-order valence-electron chi connectivity index (χ2n) is 10.1. The first-order valence-electron chi connectivity index (χ1n) is 13.1. The molecule has 4 aromatic rings. The van der Waals surface area contributed by atoms with Crippen molar-refractivity contribution >= 4 is 17.6 Å². The van der Waals surface area contributed by atoms with Crippen LogP contribution < -0.4 is 5.73 Å². The lowest BCUT2D eigenvalue weighted by Gasteiger charge is -2.17. The van der Waals surface area contributed by atoms with E-state index in [-0.39, 0.29) is 34.5 Å². The van der Waals surface area contributed by atoms with Gasteiger partial charge in [-0.2, -0.15) is 10.5 Å². The highest BCUT2D eigenvalue weighted by Crippen LogP contribution is 2.37. The quantitative estimate of drug-likeness (QED) is 0.235. The van der Waals surface area contributed by atoms with E-state index < -0.39 is 11.6 Å². The van der Waals surface area contributed by atoms with Gasteiger partial charge >= 0.3 is 0 Å². The standard InChI is InChI=1S/C31H28FN5O3S/c1-18-26(36-29(39-18)22-6-4-5-7-25(22)32)17-41-30-24(15-34)27(23(14-33)28(35)37-30)20-11-8-19(9-12-20)10-13-21-16-38-31(2,3)40-21/h4-9,11-12,21H,10,13,16-17H2,1-3H3,(H2,35,37)/t21-/m1/s1. The Morgan fingerprint density at radius 2 is 1.80 bits per heavy atom. The second-order valence-corrected chi connectivity index (χ2v) is 11.1. The van der Waals surface area contributed by atoms with Gasteiger partial charge in [0, 0.05) is 11.3 Å². The number of nitrogens with zero attached hydrogens (tertiary/aromatic N) is 4. The minimum atomic E-state index is -0.554. The third-order valence-electron chi connectivity index (χ3n) is 6.82.